The maximum Gasteiger partial charge on any atom is 0.326 e. The molecular formula is C19H16FN3O5S2. The third-order valence-corrected chi connectivity index (χ3v) is 7.01. The third-order valence-electron chi connectivity index (χ3n) is 4.55. The van der Waals surface area contributed by atoms with Crippen LogP contribution in [0.15, 0.2) is 42.5 Å². The summed E-state index contributed by atoms with van der Waals surface area (Å²) in [4.78, 5) is 24.1. The molecule has 1 aliphatic heterocycles. The lowest BCUT2D eigenvalue weighted by Gasteiger charge is -2.17. The van der Waals surface area contributed by atoms with Gasteiger partial charge in [-0.15, -0.1) is 11.3 Å². The lowest BCUT2D eigenvalue weighted by molar-refractivity contribution is -0.117. The van der Waals surface area contributed by atoms with E-state index < -0.39 is 45.8 Å². The second-order valence-electron chi connectivity index (χ2n) is 6.61. The molecule has 1 saturated heterocycles. The quantitative estimate of drug-likeness (QED) is 0.550. The fraction of sp³-hybridized carbons (Fsp3) is 0.158. The van der Waals surface area contributed by atoms with Gasteiger partial charge in [-0.25, -0.2) is 13.4 Å². The van der Waals surface area contributed by atoms with E-state index in [1.807, 2.05) is 30.3 Å². The molecule has 0 saturated carbocycles. The molecule has 1 aliphatic rings. The van der Waals surface area contributed by atoms with Crippen LogP contribution in [0.4, 0.5) is 10.1 Å². The zero-order valence-corrected chi connectivity index (χ0v) is 17.0. The molecule has 3 N–H and O–H groups in total. The third kappa shape index (κ3) is 3.68. The Morgan fingerprint density at radius 3 is 2.67 bits per heavy atom. The first-order chi connectivity index (χ1) is 14.3. The van der Waals surface area contributed by atoms with E-state index >= 15 is 4.39 Å². The number of phenols is 1. The van der Waals surface area contributed by atoms with Crippen LogP contribution in [-0.4, -0.2) is 38.4 Å². The van der Waals surface area contributed by atoms with Crippen molar-refractivity contribution in [3.05, 3.63) is 58.7 Å². The van der Waals surface area contributed by atoms with Crippen molar-refractivity contribution >= 4 is 49.1 Å². The number of thiophene rings is 1. The Labute approximate surface area is 175 Å². The highest BCUT2D eigenvalue weighted by Crippen LogP contribution is 2.41. The van der Waals surface area contributed by atoms with Crippen molar-refractivity contribution in [3.8, 4) is 5.75 Å². The Kier molecular flexibility index (Phi) is 5.08. The number of benzene rings is 2. The lowest BCUT2D eigenvalue weighted by Crippen LogP contribution is -2.30. The fourth-order valence-electron chi connectivity index (χ4n) is 3.16. The van der Waals surface area contributed by atoms with E-state index in [0.717, 1.165) is 16.9 Å². The number of nitrogens with one attached hydrogen (secondary N) is 2. The number of anilines is 1. The Bertz CT molecular complexity index is 1260. The van der Waals surface area contributed by atoms with Gasteiger partial charge in [-0.3, -0.25) is 9.59 Å². The molecule has 2 heterocycles. The Balaban J connectivity index is 1.59. The van der Waals surface area contributed by atoms with Gasteiger partial charge in [0.1, 0.15) is 18.0 Å². The van der Waals surface area contributed by atoms with Gasteiger partial charge >= 0.3 is 10.2 Å². The van der Waals surface area contributed by atoms with Gasteiger partial charge in [0.05, 0.1) is 4.88 Å². The first-order valence-electron chi connectivity index (χ1n) is 8.86. The molecule has 0 aliphatic carbocycles. The minimum Gasteiger partial charge on any atom is -0.506 e. The Hall–Kier alpha value is -3.18. The van der Waals surface area contributed by atoms with E-state index in [1.165, 1.54) is 12.1 Å². The fourth-order valence-corrected chi connectivity index (χ4v) is 5.33. The lowest BCUT2D eigenvalue weighted by atomic mass is 10.1. The summed E-state index contributed by atoms with van der Waals surface area (Å²) >= 11 is 0.969. The smallest absolute Gasteiger partial charge is 0.326 e. The Morgan fingerprint density at radius 2 is 2.00 bits per heavy atom. The number of halogens is 1. The molecule has 2 aromatic carbocycles. The average Bonchev–Trinajstić information content (AvgIpc) is 3.23. The van der Waals surface area contributed by atoms with Crippen LogP contribution in [-0.2, 0) is 21.4 Å². The van der Waals surface area contributed by atoms with Crippen molar-refractivity contribution in [2.75, 3.05) is 17.4 Å². The Morgan fingerprint density at radius 1 is 1.27 bits per heavy atom. The number of aromatic hydroxyl groups is 1. The summed E-state index contributed by atoms with van der Waals surface area (Å²) in [5.41, 5.74) is 0.430. The van der Waals surface area contributed by atoms with Gasteiger partial charge in [0.15, 0.2) is 5.82 Å². The van der Waals surface area contributed by atoms with Crippen LogP contribution in [0.2, 0.25) is 0 Å². The molecular weight excluding hydrogens is 433 g/mol. The summed E-state index contributed by atoms with van der Waals surface area (Å²) in [6.45, 7) is -0.259. The summed E-state index contributed by atoms with van der Waals surface area (Å²) in [7, 11) is -4.29. The molecule has 1 fully saturated rings. The normalized spacial score (nSPS) is 15.4. The molecule has 156 valence electrons. The van der Waals surface area contributed by atoms with E-state index in [-0.39, 0.29) is 15.0 Å². The molecule has 3 aromatic rings. The van der Waals surface area contributed by atoms with E-state index in [9.17, 15) is 23.1 Å². The van der Waals surface area contributed by atoms with Crippen molar-refractivity contribution in [1.82, 2.24) is 10.0 Å². The van der Waals surface area contributed by atoms with Gasteiger partial charge in [-0.1, -0.05) is 30.3 Å². The molecule has 2 amide bonds. The molecule has 0 radical (unpaired) electrons. The SMILES string of the molecule is O=C1CN(c2c(O)cc3sc(C(=O)NCCc4ccccc4)cc3c2F)S(=O)(=O)N1. The summed E-state index contributed by atoms with van der Waals surface area (Å²) in [5, 5.41) is 12.9. The molecule has 11 heteroatoms. The molecule has 4 rings (SSSR count). The maximum absolute atomic E-state index is 15.1. The van der Waals surface area contributed by atoms with E-state index in [2.05, 4.69) is 5.32 Å². The highest BCUT2D eigenvalue weighted by atomic mass is 32.2. The first-order valence-corrected chi connectivity index (χ1v) is 11.1. The number of carbonyl (C=O) groups is 2. The summed E-state index contributed by atoms with van der Waals surface area (Å²) in [6, 6.07) is 12.1. The highest BCUT2D eigenvalue weighted by Gasteiger charge is 2.38. The number of amides is 2. The molecule has 0 spiro atoms. The predicted octanol–water partition coefficient (Wildman–Crippen LogP) is 1.90. The second kappa shape index (κ2) is 7.58. The van der Waals surface area contributed by atoms with Crippen LogP contribution < -0.4 is 14.3 Å². The van der Waals surface area contributed by atoms with Crippen molar-refractivity contribution in [1.29, 1.82) is 0 Å². The topological polar surface area (TPSA) is 116 Å². The summed E-state index contributed by atoms with van der Waals surface area (Å²) < 4.78 is 41.6. The molecule has 0 unspecified atom stereocenters. The van der Waals surface area contributed by atoms with Crippen LogP contribution in [0, 0.1) is 5.82 Å². The number of hydrogen-bond donors (Lipinski definition) is 3. The zero-order chi connectivity index (χ0) is 21.5. The predicted molar refractivity (Wildman–Crippen MR) is 110 cm³/mol. The number of carbonyl (C=O) groups excluding carboxylic acids is 2. The first kappa shape index (κ1) is 20.1. The summed E-state index contributed by atoms with van der Waals surface area (Å²) in [5.74, 6) is -2.90. The van der Waals surface area contributed by atoms with E-state index in [0.29, 0.717) is 17.3 Å². The molecule has 8 nitrogen and oxygen atoms in total. The summed E-state index contributed by atoms with van der Waals surface area (Å²) in [6.07, 6.45) is 0.630. The molecule has 1 aromatic heterocycles. The van der Waals surface area contributed by atoms with Crippen molar-refractivity contribution in [3.63, 3.8) is 0 Å². The van der Waals surface area contributed by atoms with Crippen molar-refractivity contribution in [2.24, 2.45) is 0 Å². The number of rotatable bonds is 5. The standard InChI is InChI=1S/C19H16FN3O5S2/c20-17-12-8-15(19(26)21-7-6-11-4-2-1-3-5-11)29-14(12)9-13(24)18(17)23-10-16(25)22-30(23,27)28/h1-5,8-9,24H,6-7,10H2,(H,21,26)(H,22,25). The largest absolute Gasteiger partial charge is 0.506 e. The molecule has 0 atom stereocenters. The monoisotopic (exact) mass is 449 g/mol. The maximum atomic E-state index is 15.1. The van der Waals surface area contributed by atoms with E-state index in [4.69, 9.17) is 0 Å². The second-order valence-corrected chi connectivity index (χ2v) is 9.29. The number of hydrogen-bond acceptors (Lipinski definition) is 6. The van der Waals surface area contributed by atoms with Gasteiger partial charge in [0.2, 0.25) is 0 Å². The van der Waals surface area contributed by atoms with Gasteiger partial charge in [-0.05, 0) is 18.1 Å². The van der Waals surface area contributed by atoms with Gasteiger partial charge < -0.3 is 10.4 Å². The van der Waals surface area contributed by atoms with E-state index in [1.54, 1.807) is 4.72 Å². The number of fused-ring (bicyclic) bond motifs is 1. The van der Waals surface area contributed by atoms with Crippen molar-refractivity contribution < 1.29 is 27.5 Å². The molecule has 30 heavy (non-hydrogen) atoms. The van der Waals surface area contributed by atoms with Crippen LogP contribution in [0.3, 0.4) is 0 Å². The van der Waals surface area contributed by atoms with Crippen LogP contribution in [0.25, 0.3) is 10.1 Å². The van der Waals surface area contributed by atoms with Gasteiger partial charge in [0.25, 0.3) is 11.8 Å². The number of nitrogens with zero attached hydrogens (tertiary/aromatic N) is 1. The van der Waals surface area contributed by atoms with Gasteiger partial charge in [-0.2, -0.15) is 8.42 Å². The zero-order valence-electron chi connectivity index (χ0n) is 15.4. The molecule has 0 bridgehead atoms. The van der Waals surface area contributed by atoms with Gasteiger partial charge in [0, 0.05) is 22.7 Å². The number of phenolic OH excluding ortho intramolecular Hbond substituents is 1. The highest BCUT2D eigenvalue weighted by molar-refractivity contribution is 7.92. The minimum absolute atomic E-state index is 0.0180. The minimum atomic E-state index is -4.29. The van der Waals surface area contributed by atoms with Crippen LogP contribution >= 0.6 is 11.3 Å². The van der Waals surface area contributed by atoms with Crippen molar-refractivity contribution in [2.45, 2.75) is 6.42 Å². The van der Waals surface area contributed by atoms with Crippen LogP contribution in [0.5, 0.6) is 5.75 Å². The average molecular weight is 449 g/mol. The van der Waals surface area contributed by atoms with Crippen LogP contribution in [0.1, 0.15) is 15.2 Å².